The predicted molar refractivity (Wildman–Crippen MR) is 122 cm³/mol. The van der Waals surface area contributed by atoms with Crippen LogP contribution in [0, 0.1) is 18.6 Å². The number of ether oxygens (including phenoxy) is 1. The molecule has 1 heterocycles. The van der Waals surface area contributed by atoms with Gasteiger partial charge in [-0.3, -0.25) is 9.79 Å². The van der Waals surface area contributed by atoms with Crippen LogP contribution < -0.4 is 20.7 Å². The highest BCUT2D eigenvalue weighted by atomic mass is 127. The lowest BCUT2D eigenvalue weighted by molar-refractivity contribution is 0.0925. The fraction of sp³-hybridized carbons (Fsp3) is 0.400. The molecule has 10 heteroatoms. The normalized spacial score (nSPS) is 10.9. The van der Waals surface area contributed by atoms with Crippen molar-refractivity contribution in [2.45, 2.75) is 20.3 Å². The molecule has 0 aliphatic heterocycles. The van der Waals surface area contributed by atoms with E-state index in [1.54, 1.807) is 6.07 Å². The molecule has 3 N–H and O–H groups in total. The van der Waals surface area contributed by atoms with Gasteiger partial charge in [0.25, 0.3) is 5.91 Å². The highest BCUT2D eigenvalue weighted by molar-refractivity contribution is 14.0. The van der Waals surface area contributed by atoms with E-state index in [9.17, 15) is 13.6 Å². The predicted octanol–water partition coefficient (Wildman–Crippen LogP) is 3.24. The first-order valence-electron chi connectivity index (χ1n) is 9.43. The van der Waals surface area contributed by atoms with Crippen LogP contribution in [0.15, 0.2) is 39.9 Å². The molecule has 0 atom stereocenters. The number of rotatable bonds is 10. The van der Waals surface area contributed by atoms with Crippen LogP contribution >= 0.6 is 24.0 Å². The number of amides is 1. The first-order chi connectivity index (χ1) is 14.0. The number of hydrogen-bond acceptors (Lipinski definition) is 4. The molecule has 0 aliphatic rings. The Kier molecular flexibility index (Phi) is 11.8. The molecule has 166 valence electrons. The molecule has 2 aromatic rings. The summed E-state index contributed by atoms with van der Waals surface area (Å²) in [5.74, 6) is -0.725. The van der Waals surface area contributed by atoms with Gasteiger partial charge in [-0.2, -0.15) is 0 Å². The summed E-state index contributed by atoms with van der Waals surface area (Å²) in [5, 5.41) is 8.94. The number of guanidine groups is 1. The molecule has 0 fully saturated rings. The monoisotopic (exact) mass is 536 g/mol. The minimum absolute atomic E-state index is 0. The molecule has 0 saturated heterocycles. The van der Waals surface area contributed by atoms with Crippen LogP contribution in [0.25, 0.3) is 0 Å². The minimum atomic E-state index is -0.739. The zero-order chi connectivity index (χ0) is 21.1. The summed E-state index contributed by atoms with van der Waals surface area (Å²) in [5.41, 5.74) is 0.793. The molecule has 30 heavy (non-hydrogen) atoms. The van der Waals surface area contributed by atoms with Crippen LogP contribution in [0.1, 0.15) is 29.5 Å². The first kappa shape index (κ1) is 25.7. The van der Waals surface area contributed by atoms with Crippen molar-refractivity contribution in [2.24, 2.45) is 4.99 Å². The second kappa shape index (κ2) is 13.8. The van der Waals surface area contributed by atoms with Crippen molar-refractivity contribution in [3.8, 4) is 5.75 Å². The van der Waals surface area contributed by atoms with Gasteiger partial charge in [-0.05, 0) is 38.5 Å². The summed E-state index contributed by atoms with van der Waals surface area (Å²) < 4.78 is 36.8. The third-order valence-electron chi connectivity index (χ3n) is 3.85. The lowest BCUT2D eigenvalue weighted by Crippen LogP contribution is -2.39. The van der Waals surface area contributed by atoms with Crippen LogP contribution in [0.3, 0.4) is 0 Å². The van der Waals surface area contributed by atoms with Crippen LogP contribution in [0.2, 0.25) is 0 Å². The smallest absolute Gasteiger partial charge is 0.287 e. The van der Waals surface area contributed by atoms with E-state index in [4.69, 9.17) is 9.15 Å². The van der Waals surface area contributed by atoms with E-state index in [0.717, 1.165) is 17.7 Å². The summed E-state index contributed by atoms with van der Waals surface area (Å²) in [6, 6.07) is 4.91. The third-order valence-corrected chi connectivity index (χ3v) is 3.85. The largest absolute Gasteiger partial charge is 0.489 e. The standard InChI is InChI=1S/C20H26F2N4O3.HI/c1-3-23-20(26-10-12-28-17-6-5-15(21)13-16(17)22)25-9-4-8-24-19(27)18-14(2)7-11-29-18;/h5-7,11,13H,3-4,8-10,12H2,1-2H3,(H,24,27)(H2,23,25,26);1H. The van der Waals surface area contributed by atoms with Crippen LogP contribution in [0.4, 0.5) is 8.78 Å². The van der Waals surface area contributed by atoms with Crippen molar-refractivity contribution in [1.29, 1.82) is 0 Å². The highest BCUT2D eigenvalue weighted by Gasteiger charge is 2.11. The molecule has 0 bridgehead atoms. The van der Waals surface area contributed by atoms with Crippen molar-refractivity contribution >= 4 is 35.8 Å². The van der Waals surface area contributed by atoms with Gasteiger partial charge in [-0.15, -0.1) is 24.0 Å². The summed E-state index contributed by atoms with van der Waals surface area (Å²) in [7, 11) is 0. The molecule has 7 nitrogen and oxygen atoms in total. The van der Waals surface area contributed by atoms with Crippen molar-refractivity contribution in [1.82, 2.24) is 16.0 Å². The number of halogens is 3. The highest BCUT2D eigenvalue weighted by Crippen LogP contribution is 2.17. The number of furan rings is 1. The lowest BCUT2D eigenvalue weighted by atomic mass is 10.2. The first-order valence-corrected chi connectivity index (χ1v) is 9.43. The second-order valence-electron chi connectivity index (χ2n) is 6.15. The Bertz CT molecular complexity index is 830. The number of aliphatic imine (C=N–C) groups is 1. The summed E-state index contributed by atoms with van der Waals surface area (Å²) in [4.78, 5) is 16.3. The molecule has 0 radical (unpaired) electrons. The average molecular weight is 536 g/mol. The van der Waals surface area contributed by atoms with Gasteiger partial charge in [0, 0.05) is 31.3 Å². The van der Waals surface area contributed by atoms with Crippen LogP contribution in [-0.4, -0.2) is 44.7 Å². The van der Waals surface area contributed by atoms with Gasteiger partial charge in [0.05, 0.1) is 12.8 Å². The number of aryl methyl sites for hydroxylation is 1. The zero-order valence-electron chi connectivity index (χ0n) is 17.0. The van der Waals surface area contributed by atoms with Crippen LogP contribution in [0.5, 0.6) is 5.75 Å². The SMILES string of the molecule is CCNC(=NCCCNC(=O)c1occc1C)NCCOc1ccc(F)cc1F.I. The fourth-order valence-corrected chi connectivity index (χ4v) is 2.42. The van der Waals surface area contributed by atoms with Gasteiger partial charge >= 0.3 is 0 Å². The Morgan fingerprint density at radius 1 is 1.17 bits per heavy atom. The van der Waals surface area contributed by atoms with Crippen molar-refractivity contribution < 1.29 is 22.7 Å². The summed E-state index contributed by atoms with van der Waals surface area (Å²) in [6.07, 6.45) is 2.14. The Morgan fingerprint density at radius 2 is 1.97 bits per heavy atom. The van der Waals surface area contributed by atoms with Gasteiger partial charge in [-0.1, -0.05) is 0 Å². The molecular formula is C20H27F2IN4O3. The number of hydrogen-bond donors (Lipinski definition) is 3. The van der Waals surface area contributed by atoms with Gasteiger partial charge in [-0.25, -0.2) is 8.78 Å². The summed E-state index contributed by atoms with van der Waals surface area (Å²) >= 11 is 0. The van der Waals surface area contributed by atoms with E-state index < -0.39 is 11.6 Å². The van der Waals surface area contributed by atoms with Crippen LogP contribution in [-0.2, 0) is 0 Å². The molecule has 0 spiro atoms. The maximum absolute atomic E-state index is 13.5. The number of carbonyl (C=O) groups excluding carboxylic acids is 1. The van der Waals surface area contributed by atoms with E-state index in [1.807, 2.05) is 13.8 Å². The van der Waals surface area contributed by atoms with E-state index in [-0.39, 0.29) is 42.2 Å². The zero-order valence-corrected chi connectivity index (χ0v) is 19.3. The Hall–Kier alpha value is -2.37. The molecular weight excluding hydrogens is 509 g/mol. The topological polar surface area (TPSA) is 87.9 Å². The molecule has 0 unspecified atom stereocenters. The van der Waals surface area contributed by atoms with Crippen molar-refractivity contribution in [2.75, 3.05) is 32.8 Å². The third kappa shape index (κ3) is 8.56. The van der Waals surface area contributed by atoms with Crippen molar-refractivity contribution in [3.05, 3.63) is 53.5 Å². The number of nitrogens with zero attached hydrogens (tertiary/aromatic N) is 1. The molecule has 2 rings (SSSR count). The van der Waals surface area contributed by atoms with Gasteiger partial charge < -0.3 is 25.1 Å². The molecule has 1 amide bonds. The maximum atomic E-state index is 13.5. The summed E-state index contributed by atoms with van der Waals surface area (Å²) in [6.45, 7) is 5.96. The fourth-order valence-electron chi connectivity index (χ4n) is 2.42. The quantitative estimate of drug-likeness (QED) is 0.188. The average Bonchev–Trinajstić information content (AvgIpc) is 3.12. The number of carbonyl (C=O) groups is 1. The molecule has 1 aromatic carbocycles. The van der Waals surface area contributed by atoms with Gasteiger partial charge in [0.2, 0.25) is 0 Å². The van der Waals surface area contributed by atoms with E-state index in [0.29, 0.717) is 44.3 Å². The van der Waals surface area contributed by atoms with E-state index in [1.165, 1.54) is 12.3 Å². The van der Waals surface area contributed by atoms with Gasteiger partial charge in [0.1, 0.15) is 12.4 Å². The Balaban J connectivity index is 0.00000450. The molecule has 1 aromatic heterocycles. The van der Waals surface area contributed by atoms with E-state index in [2.05, 4.69) is 20.9 Å². The second-order valence-corrected chi connectivity index (χ2v) is 6.15. The molecule has 0 aliphatic carbocycles. The van der Waals surface area contributed by atoms with Gasteiger partial charge in [0.15, 0.2) is 23.3 Å². The number of benzene rings is 1. The maximum Gasteiger partial charge on any atom is 0.287 e. The lowest BCUT2D eigenvalue weighted by Gasteiger charge is -2.12. The number of nitrogens with one attached hydrogen (secondary N) is 3. The van der Waals surface area contributed by atoms with Crippen molar-refractivity contribution in [3.63, 3.8) is 0 Å². The minimum Gasteiger partial charge on any atom is -0.489 e. The molecule has 0 saturated carbocycles. The Morgan fingerprint density at radius 3 is 2.63 bits per heavy atom. The van der Waals surface area contributed by atoms with E-state index >= 15 is 0 Å². The Labute approximate surface area is 191 Å².